The van der Waals surface area contributed by atoms with E-state index in [9.17, 15) is 14.4 Å². The van der Waals surface area contributed by atoms with Gasteiger partial charge in [-0.15, -0.1) is 0 Å². The summed E-state index contributed by atoms with van der Waals surface area (Å²) in [7, 11) is 2.13. The van der Waals surface area contributed by atoms with E-state index in [1.807, 2.05) is 0 Å². The molecule has 11 heteroatoms. The van der Waals surface area contributed by atoms with Gasteiger partial charge in [0.05, 0.1) is 18.9 Å². The minimum absolute atomic E-state index is 0.0194. The number of esters is 2. The smallest absolute Gasteiger partial charge is 0.465 e. The Balaban J connectivity index is 2.53. The van der Waals surface area contributed by atoms with Crippen molar-refractivity contribution >= 4 is 18.1 Å². The summed E-state index contributed by atoms with van der Waals surface area (Å²) in [5.41, 5.74) is 0. The van der Waals surface area contributed by atoms with Gasteiger partial charge in [0.15, 0.2) is 6.29 Å². The Morgan fingerprint density at radius 1 is 0.500 bits per heavy atom. The molecular weight excluding hydrogens is 785 g/mol. The molecule has 1 saturated heterocycles. The van der Waals surface area contributed by atoms with Gasteiger partial charge in [0, 0.05) is 58.8 Å². The molecule has 0 spiro atoms. The van der Waals surface area contributed by atoms with Crippen molar-refractivity contribution in [1.82, 2.24) is 9.80 Å². The van der Waals surface area contributed by atoms with Crippen LogP contribution in [0.25, 0.3) is 0 Å². The molecule has 0 aromatic heterocycles. The number of unbranched alkanes of at least 4 members (excludes halogenated alkanes) is 18. The van der Waals surface area contributed by atoms with Crippen LogP contribution in [0.3, 0.4) is 0 Å². The lowest BCUT2D eigenvalue weighted by Gasteiger charge is -2.32. The average molecular weight is 879 g/mol. The first kappa shape index (κ1) is 57.5. The fourth-order valence-corrected chi connectivity index (χ4v) is 7.18. The van der Waals surface area contributed by atoms with E-state index < -0.39 is 24.3 Å². The summed E-state index contributed by atoms with van der Waals surface area (Å²) in [6, 6.07) is 0. The Hall–Kier alpha value is -2.47. The number of rotatable bonds is 43. The van der Waals surface area contributed by atoms with E-state index in [0.29, 0.717) is 26.1 Å². The van der Waals surface area contributed by atoms with Crippen LogP contribution in [0.5, 0.6) is 0 Å². The molecule has 0 bridgehead atoms. The molecule has 0 aromatic carbocycles. The molecule has 0 amide bonds. The van der Waals surface area contributed by atoms with Crippen LogP contribution in [0.2, 0.25) is 0 Å². The van der Waals surface area contributed by atoms with Gasteiger partial charge in [-0.05, 0) is 64.8 Å². The number of nitrogens with zero attached hydrogens (tertiary/aromatic N) is 2. The maximum Gasteiger partial charge on any atom is 0.508 e. The molecule has 1 aliphatic heterocycles. The van der Waals surface area contributed by atoms with E-state index in [1.165, 1.54) is 77.0 Å². The molecular formula is C51H94N2O9. The number of carbonyl (C=O) groups is 3. The zero-order valence-electron chi connectivity index (χ0n) is 40.4. The van der Waals surface area contributed by atoms with Crippen molar-refractivity contribution in [3.63, 3.8) is 0 Å². The summed E-state index contributed by atoms with van der Waals surface area (Å²) in [5, 5.41) is 0. The first-order valence-electron chi connectivity index (χ1n) is 25.4. The Kier molecular flexibility index (Phi) is 40.6. The number of carbonyl (C=O) groups excluding carboxylic acids is 3. The monoisotopic (exact) mass is 879 g/mol. The third-order valence-electron chi connectivity index (χ3n) is 11.4. The van der Waals surface area contributed by atoms with E-state index in [2.05, 4.69) is 61.9 Å². The highest BCUT2D eigenvalue weighted by Gasteiger charge is 2.20. The third-order valence-corrected chi connectivity index (χ3v) is 11.4. The van der Waals surface area contributed by atoms with Gasteiger partial charge in [-0.25, -0.2) is 4.79 Å². The molecule has 1 heterocycles. The van der Waals surface area contributed by atoms with Gasteiger partial charge in [-0.2, -0.15) is 0 Å². The van der Waals surface area contributed by atoms with E-state index >= 15 is 0 Å². The van der Waals surface area contributed by atoms with Crippen LogP contribution in [0.1, 0.15) is 194 Å². The van der Waals surface area contributed by atoms with Crippen molar-refractivity contribution in [2.75, 3.05) is 79.4 Å². The lowest BCUT2D eigenvalue weighted by atomic mass is 10.1. The van der Waals surface area contributed by atoms with Crippen molar-refractivity contribution < 1.29 is 42.8 Å². The van der Waals surface area contributed by atoms with Gasteiger partial charge in [0.1, 0.15) is 19.8 Å². The van der Waals surface area contributed by atoms with E-state index in [1.54, 1.807) is 0 Å². The van der Waals surface area contributed by atoms with Crippen LogP contribution in [-0.4, -0.2) is 114 Å². The zero-order chi connectivity index (χ0) is 45.0. The van der Waals surface area contributed by atoms with Gasteiger partial charge in [-0.1, -0.05) is 141 Å². The predicted molar refractivity (Wildman–Crippen MR) is 252 cm³/mol. The van der Waals surface area contributed by atoms with Gasteiger partial charge in [-0.3, -0.25) is 9.59 Å². The standard InChI is InChI=1S/C51H94N2O9/c1-5-8-11-14-17-18-19-20-21-22-23-24-25-26-29-33-48(54)60-44-47(46-62-51(56)59-43-32-36-53-39-37-52(4)38-40-53)45-61-49(55)34-35-50(57-41-30-27-15-12-9-6-2)58-42-31-28-16-13-10-7-3/h17-18,20-21,47,50H,5-16,19,22-46H2,1-4H3/b18-17-,21-20-. The van der Waals surface area contributed by atoms with E-state index in [0.717, 1.165) is 110 Å². The number of allylic oxidation sites excluding steroid dienone is 4. The Morgan fingerprint density at radius 3 is 1.58 bits per heavy atom. The molecule has 0 radical (unpaired) electrons. The fourth-order valence-electron chi connectivity index (χ4n) is 7.18. The van der Waals surface area contributed by atoms with Crippen LogP contribution >= 0.6 is 0 Å². The minimum Gasteiger partial charge on any atom is -0.465 e. The van der Waals surface area contributed by atoms with E-state index in [4.69, 9.17) is 28.4 Å². The molecule has 1 rings (SSSR count). The topological polar surface area (TPSA) is 113 Å². The summed E-state index contributed by atoms with van der Waals surface area (Å²) in [4.78, 5) is 42.9. The number of ether oxygens (including phenoxy) is 6. The second-order valence-electron chi connectivity index (χ2n) is 17.4. The Labute approximate surface area is 379 Å². The molecule has 362 valence electrons. The maximum absolute atomic E-state index is 13.0. The molecule has 11 nitrogen and oxygen atoms in total. The molecule has 1 fully saturated rings. The Bertz CT molecular complexity index is 1080. The quantitative estimate of drug-likeness (QED) is 0.0192. The summed E-state index contributed by atoms with van der Waals surface area (Å²) >= 11 is 0. The van der Waals surface area contributed by atoms with Crippen LogP contribution in [-0.2, 0) is 38.0 Å². The van der Waals surface area contributed by atoms with Gasteiger partial charge < -0.3 is 38.2 Å². The zero-order valence-corrected chi connectivity index (χ0v) is 40.4. The molecule has 0 saturated carbocycles. The van der Waals surface area contributed by atoms with Crippen LogP contribution < -0.4 is 0 Å². The molecule has 1 aliphatic rings. The van der Waals surface area contributed by atoms with Crippen LogP contribution in [0.4, 0.5) is 4.79 Å². The number of hydrogen-bond donors (Lipinski definition) is 0. The molecule has 1 unspecified atom stereocenters. The molecule has 0 aromatic rings. The van der Waals surface area contributed by atoms with Crippen molar-refractivity contribution in [3.05, 3.63) is 24.3 Å². The normalized spacial score (nSPS) is 14.3. The van der Waals surface area contributed by atoms with Crippen molar-refractivity contribution in [2.45, 2.75) is 200 Å². The van der Waals surface area contributed by atoms with Crippen LogP contribution in [0, 0.1) is 5.92 Å². The lowest BCUT2D eigenvalue weighted by Crippen LogP contribution is -2.44. The second kappa shape index (κ2) is 43.8. The summed E-state index contributed by atoms with van der Waals surface area (Å²) in [5.74, 6) is -1.21. The molecule has 0 aliphatic carbocycles. The highest BCUT2D eigenvalue weighted by molar-refractivity contribution is 5.69. The highest BCUT2D eigenvalue weighted by atomic mass is 16.7. The fraction of sp³-hybridized carbons (Fsp3) is 0.863. The summed E-state index contributed by atoms with van der Waals surface area (Å²) < 4.78 is 34.2. The third kappa shape index (κ3) is 38.0. The molecule has 62 heavy (non-hydrogen) atoms. The summed E-state index contributed by atoms with van der Waals surface area (Å²) in [6.45, 7) is 12.9. The van der Waals surface area contributed by atoms with Gasteiger partial charge >= 0.3 is 18.1 Å². The van der Waals surface area contributed by atoms with Crippen molar-refractivity contribution in [3.8, 4) is 0 Å². The first-order chi connectivity index (χ1) is 30.4. The largest absolute Gasteiger partial charge is 0.508 e. The maximum atomic E-state index is 13.0. The number of piperazine rings is 1. The number of hydrogen-bond acceptors (Lipinski definition) is 11. The predicted octanol–water partition coefficient (Wildman–Crippen LogP) is 12.2. The SMILES string of the molecule is CCCCC/C=C\C/C=C\CCCCCCCC(=O)OCC(COC(=O)CCC(OCCCCCCCC)OCCCCCCCC)COC(=O)OCCCN1CCN(C)CC1. The molecule has 1 atom stereocenters. The molecule has 0 N–H and O–H groups in total. The highest BCUT2D eigenvalue weighted by Crippen LogP contribution is 2.14. The van der Waals surface area contributed by atoms with Crippen LogP contribution in [0.15, 0.2) is 24.3 Å². The second-order valence-corrected chi connectivity index (χ2v) is 17.4. The lowest BCUT2D eigenvalue weighted by molar-refractivity contribution is -0.161. The van der Waals surface area contributed by atoms with Crippen molar-refractivity contribution in [1.29, 1.82) is 0 Å². The van der Waals surface area contributed by atoms with Gasteiger partial charge in [0.2, 0.25) is 0 Å². The first-order valence-corrected chi connectivity index (χ1v) is 25.4. The van der Waals surface area contributed by atoms with Gasteiger partial charge in [0.25, 0.3) is 0 Å². The minimum atomic E-state index is -0.774. The summed E-state index contributed by atoms with van der Waals surface area (Å²) in [6.07, 6.45) is 35.7. The average Bonchev–Trinajstić information content (AvgIpc) is 3.27. The van der Waals surface area contributed by atoms with E-state index in [-0.39, 0.29) is 38.8 Å². The van der Waals surface area contributed by atoms with Crippen molar-refractivity contribution in [2.24, 2.45) is 5.92 Å². The number of likely N-dealkylation sites (N-methyl/N-ethyl adjacent to an activating group) is 1. The Morgan fingerprint density at radius 2 is 0.984 bits per heavy atom.